The fraction of sp³-hybridized carbons (Fsp3) is 0.400. The van der Waals surface area contributed by atoms with Crippen LogP contribution in [-0.4, -0.2) is 9.55 Å². The van der Waals surface area contributed by atoms with Crippen molar-refractivity contribution in [2.45, 2.75) is 38.6 Å². The summed E-state index contributed by atoms with van der Waals surface area (Å²) in [5.74, 6) is 0. The molecule has 0 spiro atoms. The van der Waals surface area contributed by atoms with Gasteiger partial charge in [-0.15, -0.1) is 0 Å². The summed E-state index contributed by atoms with van der Waals surface area (Å²) in [6.45, 7) is 0.991. The van der Waals surface area contributed by atoms with E-state index in [4.69, 9.17) is 12.2 Å². The minimum absolute atomic E-state index is 0.841. The summed E-state index contributed by atoms with van der Waals surface area (Å²) in [5, 5.41) is 0. The number of nitrogens with one attached hydrogen (secondary N) is 1. The molecule has 1 aliphatic rings. The van der Waals surface area contributed by atoms with Gasteiger partial charge in [-0.05, 0) is 85.1 Å². The molecule has 4 heteroatoms. The predicted molar refractivity (Wildman–Crippen MR) is 91.0 cm³/mol. The highest BCUT2D eigenvalue weighted by atomic mass is 127. The van der Waals surface area contributed by atoms with Crippen LogP contribution in [0.3, 0.4) is 0 Å². The minimum atomic E-state index is 0.841. The minimum Gasteiger partial charge on any atom is -0.331 e. The third kappa shape index (κ3) is 2.94. The van der Waals surface area contributed by atoms with Gasteiger partial charge >= 0.3 is 0 Å². The fourth-order valence-electron chi connectivity index (χ4n) is 2.74. The zero-order chi connectivity index (χ0) is 13.2. The average Bonchev–Trinajstić information content (AvgIpc) is 2.72. The largest absolute Gasteiger partial charge is 0.331 e. The molecule has 19 heavy (non-hydrogen) atoms. The van der Waals surface area contributed by atoms with E-state index < -0.39 is 0 Å². The molecule has 1 aliphatic carbocycles. The van der Waals surface area contributed by atoms with Crippen molar-refractivity contribution in [1.29, 1.82) is 0 Å². The Labute approximate surface area is 132 Å². The van der Waals surface area contributed by atoms with Gasteiger partial charge in [0, 0.05) is 10.1 Å². The van der Waals surface area contributed by atoms with Crippen LogP contribution in [0.4, 0.5) is 0 Å². The zero-order valence-electron chi connectivity index (χ0n) is 10.8. The van der Waals surface area contributed by atoms with E-state index >= 15 is 0 Å². The van der Waals surface area contributed by atoms with Crippen LogP contribution in [-0.2, 0) is 6.54 Å². The Morgan fingerprint density at radius 3 is 3.00 bits per heavy atom. The van der Waals surface area contributed by atoms with E-state index in [0.717, 1.165) is 23.3 Å². The number of H-pyrrole nitrogens is 1. The number of rotatable bonds is 3. The Hall–Kier alpha value is -0.620. The number of halogens is 1. The lowest BCUT2D eigenvalue weighted by Crippen LogP contribution is -2.01. The van der Waals surface area contributed by atoms with Gasteiger partial charge in [-0.3, -0.25) is 0 Å². The van der Waals surface area contributed by atoms with Crippen molar-refractivity contribution in [3.63, 3.8) is 0 Å². The molecule has 0 fully saturated rings. The van der Waals surface area contributed by atoms with Crippen molar-refractivity contribution >= 4 is 45.8 Å². The zero-order valence-corrected chi connectivity index (χ0v) is 13.8. The molecule has 0 saturated carbocycles. The molecule has 0 saturated heterocycles. The normalized spacial score (nSPS) is 15.7. The topological polar surface area (TPSA) is 20.7 Å². The van der Waals surface area contributed by atoms with Gasteiger partial charge in [-0.2, -0.15) is 0 Å². The van der Waals surface area contributed by atoms with Crippen molar-refractivity contribution in [3.05, 3.63) is 38.2 Å². The summed E-state index contributed by atoms with van der Waals surface area (Å²) in [6, 6.07) is 6.46. The van der Waals surface area contributed by atoms with E-state index in [1.165, 1.54) is 34.8 Å². The molecular formula is C15H17IN2S. The number of fused-ring (bicyclic) bond motifs is 1. The fourth-order valence-corrected chi connectivity index (χ4v) is 3.54. The van der Waals surface area contributed by atoms with Crippen LogP contribution in [0, 0.1) is 8.34 Å². The highest BCUT2D eigenvalue weighted by Gasteiger charge is 2.07. The quantitative estimate of drug-likeness (QED) is 0.439. The van der Waals surface area contributed by atoms with Crippen LogP contribution >= 0.6 is 34.8 Å². The lowest BCUT2D eigenvalue weighted by atomic mass is 9.97. The van der Waals surface area contributed by atoms with Crippen molar-refractivity contribution in [2.24, 2.45) is 0 Å². The first-order valence-corrected chi connectivity index (χ1v) is 8.29. The van der Waals surface area contributed by atoms with Crippen LogP contribution in [0.1, 0.15) is 32.1 Å². The molecule has 0 unspecified atom stereocenters. The molecule has 100 valence electrons. The van der Waals surface area contributed by atoms with Crippen LogP contribution in [0.25, 0.3) is 11.0 Å². The maximum Gasteiger partial charge on any atom is 0.178 e. The molecular weight excluding hydrogens is 367 g/mol. The monoisotopic (exact) mass is 384 g/mol. The van der Waals surface area contributed by atoms with Crippen LogP contribution in [0.2, 0.25) is 0 Å². The Balaban J connectivity index is 1.86. The maximum absolute atomic E-state index is 5.45. The Morgan fingerprint density at radius 1 is 1.32 bits per heavy atom. The molecule has 1 N–H and O–H groups in total. The molecule has 2 nitrogen and oxygen atoms in total. The summed E-state index contributed by atoms with van der Waals surface area (Å²) in [6.07, 6.45) is 8.79. The van der Waals surface area contributed by atoms with Gasteiger partial charge in [0.05, 0.1) is 11.0 Å². The molecule has 0 radical (unpaired) electrons. The second-order valence-corrected chi connectivity index (χ2v) is 6.73. The van der Waals surface area contributed by atoms with Crippen LogP contribution in [0.15, 0.2) is 29.8 Å². The molecule has 0 bridgehead atoms. The number of aromatic amines is 1. The highest BCUT2D eigenvalue weighted by Crippen LogP contribution is 2.23. The molecule has 3 rings (SSSR count). The van der Waals surface area contributed by atoms with Crippen molar-refractivity contribution in [3.8, 4) is 0 Å². The van der Waals surface area contributed by atoms with Gasteiger partial charge < -0.3 is 9.55 Å². The third-order valence-electron chi connectivity index (χ3n) is 3.78. The highest BCUT2D eigenvalue weighted by molar-refractivity contribution is 14.1. The van der Waals surface area contributed by atoms with E-state index in [1.54, 1.807) is 5.57 Å². The Kier molecular flexibility index (Phi) is 4.07. The smallest absolute Gasteiger partial charge is 0.178 e. The number of imidazole rings is 1. The van der Waals surface area contributed by atoms with Crippen LogP contribution in [0.5, 0.6) is 0 Å². The molecule has 2 aromatic rings. The number of aromatic nitrogens is 2. The number of hydrogen-bond donors (Lipinski definition) is 1. The SMILES string of the molecule is S=c1[nH]c2cc(I)ccc2n1CCC1=CCCCC1. The Bertz CT molecular complexity index is 681. The van der Waals surface area contributed by atoms with Gasteiger partial charge in [-0.25, -0.2) is 0 Å². The summed E-state index contributed by atoms with van der Waals surface area (Å²) in [4.78, 5) is 3.31. The first-order valence-electron chi connectivity index (χ1n) is 6.80. The Morgan fingerprint density at radius 2 is 2.21 bits per heavy atom. The van der Waals surface area contributed by atoms with Gasteiger partial charge in [0.1, 0.15) is 0 Å². The number of hydrogen-bond acceptors (Lipinski definition) is 1. The third-order valence-corrected chi connectivity index (χ3v) is 4.77. The molecule has 1 aromatic heterocycles. The standard InChI is InChI=1S/C15H17IN2S/c16-12-6-7-14-13(10-12)17-15(19)18(14)9-8-11-4-2-1-3-5-11/h4,6-7,10H,1-3,5,8-9H2,(H,17,19). The van der Waals surface area contributed by atoms with E-state index in [-0.39, 0.29) is 0 Å². The first-order chi connectivity index (χ1) is 9.24. The van der Waals surface area contributed by atoms with Gasteiger partial charge in [0.25, 0.3) is 0 Å². The summed E-state index contributed by atoms with van der Waals surface area (Å²) < 4.78 is 4.31. The van der Waals surface area contributed by atoms with E-state index in [9.17, 15) is 0 Å². The second kappa shape index (κ2) is 5.79. The lowest BCUT2D eigenvalue weighted by molar-refractivity contribution is 0.630. The van der Waals surface area contributed by atoms with Gasteiger partial charge in [0.15, 0.2) is 4.77 Å². The number of aryl methyl sites for hydroxylation is 1. The molecule has 0 aliphatic heterocycles. The van der Waals surface area contributed by atoms with E-state index in [2.05, 4.69) is 56.4 Å². The first kappa shape index (κ1) is 13.4. The molecule has 0 atom stereocenters. The van der Waals surface area contributed by atoms with Gasteiger partial charge in [-0.1, -0.05) is 11.6 Å². The summed E-state index contributed by atoms with van der Waals surface area (Å²) >= 11 is 7.78. The second-order valence-electron chi connectivity index (χ2n) is 5.10. The molecule has 1 aromatic carbocycles. The van der Waals surface area contributed by atoms with Crippen LogP contribution < -0.4 is 0 Å². The van der Waals surface area contributed by atoms with Crippen molar-refractivity contribution < 1.29 is 0 Å². The van der Waals surface area contributed by atoms with E-state index in [0.29, 0.717) is 0 Å². The number of benzene rings is 1. The van der Waals surface area contributed by atoms with E-state index in [1.807, 2.05) is 0 Å². The number of allylic oxidation sites excluding steroid dienone is 2. The maximum atomic E-state index is 5.45. The summed E-state index contributed by atoms with van der Waals surface area (Å²) in [5.41, 5.74) is 3.98. The lowest BCUT2D eigenvalue weighted by Gasteiger charge is -2.13. The van der Waals surface area contributed by atoms with Crippen molar-refractivity contribution in [1.82, 2.24) is 9.55 Å². The summed E-state index contributed by atoms with van der Waals surface area (Å²) in [7, 11) is 0. The van der Waals surface area contributed by atoms with Gasteiger partial charge in [0.2, 0.25) is 0 Å². The average molecular weight is 384 g/mol. The number of nitrogens with zero attached hydrogens (tertiary/aromatic N) is 1. The molecule has 0 amide bonds. The van der Waals surface area contributed by atoms with Crippen molar-refractivity contribution in [2.75, 3.05) is 0 Å². The predicted octanol–water partition coefficient (Wildman–Crippen LogP) is 5.19. The molecule has 1 heterocycles.